The number of nitrogens with zero attached hydrogens (tertiary/aromatic N) is 2. The predicted octanol–water partition coefficient (Wildman–Crippen LogP) is 5.80. The van der Waals surface area contributed by atoms with E-state index in [0.29, 0.717) is 30.3 Å². The van der Waals surface area contributed by atoms with Crippen LogP contribution in [0.3, 0.4) is 0 Å². The second-order valence-electron chi connectivity index (χ2n) is 12.9. The third-order valence-corrected chi connectivity index (χ3v) is 14.1. The van der Waals surface area contributed by atoms with Gasteiger partial charge >= 0.3 is 6.09 Å². The number of ether oxygens (including phenoxy) is 2. The van der Waals surface area contributed by atoms with Crippen molar-refractivity contribution in [3.8, 4) is 0 Å². The topological polar surface area (TPSA) is 107 Å². The lowest BCUT2D eigenvalue weighted by atomic mass is 9.99. The predicted molar refractivity (Wildman–Crippen MR) is 173 cm³/mol. The summed E-state index contributed by atoms with van der Waals surface area (Å²) in [4.78, 5) is 45.6. The van der Waals surface area contributed by atoms with E-state index in [4.69, 9.17) is 25.5 Å². The van der Waals surface area contributed by atoms with Gasteiger partial charge in [0.1, 0.15) is 19.3 Å². The molecule has 2 aromatic rings. The molecule has 2 aliphatic rings. The number of hydrogen-bond acceptors (Lipinski definition) is 7. The number of rotatable bonds is 12. The zero-order valence-corrected chi connectivity index (χ0v) is 28.2. The number of amides is 2. The summed E-state index contributed by atoms with van der Waals surface area (Å²) in [5, 5.41) is 3.47. The summed E-state index contributed by atoms with van der Waals surface area (Å²) in [7, 11) is -2.27. The van der Waals surface area contributed by atoms with E-state index < -0.39 is 32.3 Å². The maximum absolute atomic E-state index is 13.8. The third-order valence-electron chi connectivity index (χ3n) is 9.25. The zero-order valence-electron chi connectivity index (χ0n) is 26.5. The molecule has 0 spiro atoms. The highest BCUT2D eigenvalue weighted by atomic mass is 35.5. The Kier molecular flexibility index (Phi) is 10.9. The molecule has 1 fully saturated rings. The van der Waals surface area contributed by atoms with Crippen LogP contribution in [0.25, 0.3) is 0 Å². The molecule has 9 nitrogen and oxygen atoms in total. The smallest absolute Gasteiger partial charge is 0.410 e. The van der Waals surface area contributed by atoms with Crippen LogP contribution in [0, 0.1) is 5.92 Å². The van der Waals surface area contributed by atoms with Crippen LogP contribution in [0.15, 0.2) is 59.6 Å². The Hall–Kier alpha value is -3.21. The third kappa shape index (κ3) is 8.08. The number of carbonyl (C=O) groups is 3. The molecular weight excluding hydrogens is 598 g/mol. The molecule has 2 amide bonds. The number of nitrogens with one attached hydrogen (secondary N) is 1. The number of carbonyl (C=O) groups excluding carboxylic acids is 3. The van der Waals surface area contributed by atoms with E-state index in [1.807, 2.05) is 42.5 Å². The van der Waals surface area contributed by atoms with Crippen LogP contribution in [0.2, 0.25) is 23.2 Å². The number of likely N-dealkylation sites (tertiary alicyclic amines) is 1. The molecule has 0 aromatic heterocycles. The van der Waals surface area contributed by atoms with E-state index in [2.05, 4.69) is 51.1 Å². The standard InChI is InChI=1S/C33H44ClN3O6Si/c1-22(2)33(3,4)44(5,6)43-26-18-28(37(19-26)32(40)42-20-24-10-8-7-9-11-24)29(38)31-36-27(21-41-31)30(39)35-17-16-23-12-14-25(34)15-13-23/h7-15,22,26-28H,16-21H2,1-6H3,(H,35,39)/t26?,27-,28+/m0/s1. The minimum Gasteiger partial charge on any atom is -0.472 e. The van der Waals surface area contributed by atoms with Gasteiger partial charge < -0.3 is 19.2 Å². The average molecular weight is 642 g/mol. The SMILES string of the molecule is CC(C)C(C)(C)[Si](C)(C)OC1C[C@H](C(=O)C2=N[C@H](C(=O)NCCc3ccc(Cl)cc3)CO2)N(C(=O)OCc2ccccc2)C1. The zero-order chi connectivity index (χ0) is 32.1. The van der Waals surface area contributed by atoms with Crippen LogP contribution < -0.4 is 5.32 Å². The van der Waals surface area contributed by atoms with Crippen LogP contribution in [0.5, 0.6) is 0 Å². The first-order chi connectivity index (χ1) is 20.8. The lowest BCUT2D eigenvalue weighted by Gasteiger charge is -2.44. The minimum atomic E-state index is -2.27. The summed E-state index contributed by atoms with van der Waals surface area (Å²) in [5.41, 5.74) is 1.88. The molecule has 2 aliphatic heterocycles. The summed E-state index contributed by atoms with van der Waals surface area (Å²) in [6, 6.07) is 15.1. The molecule has 44 heavy (non-hydrogen) atoms. The highest BCUT2D eigenvalue weighted by molar-refractivity contribution is 6.74. The summed E-state index contributed by atoms with van der Waals surface area (Å²) < 4.78 is 18.0. The summed E-state index contributed by atoms with van der Waals surface area (Å²) in [5.74, 6) is -0.525. The van der Waals surface area contributed by atoms with E-state index in [1.165, 1.54) is 4.90 Å². The van der Waals surface area contributed by atoms with Gasteiger partial charge in [-0.05, 0) is 53.7 Å². The highest BCUT2D eigenvalue weighted by Gasteiger charge is 2.49. The van der Waals surface area contributed by atoms with E-state index in [-0.39, 0.29) is 42.7 Å². The van der Waals surface area contributed by atoms with Gasteiger partial charge in [-0.15, -0.1) is 0 Å². The highest BCUT2D eigenvalue weighted by Crippen LogP contribution is 2.46. The average Bonchev–Trinajstić information content (AvgIpc) is 3.65. The molecule has 1 unspecified atom stereocenters. The van der Waals surface area contributed by atoms with Gasteiger partial charge in [-0.25, -0.2) is 9.79 Å². The van der Waals surface area contributed by atoms with Crippen molar-refractivity contribution in [1.82, 2.24) is 10.2 Å². The van der Waals surface area contributed by atoms with Crippen molar-refractivity contribution in [2.75, 3.05) is 19.7 Å². The Morgan fingerprint density at radius 1 is 1.09 bits per heavy atom. The van der Waals surface area contributed by atoms with Crippen molar-refractivity contribution in [3.05, 3.63) is 70.7 Å². The van der Waals surface area contributed by atoms with Crippen LogP contribution in [0.1, 0.15) is 45.2 Å². The van der Waals surface area contributed by atoms with Crippen LogP contribution in [-0.2, 0) is 36.5 Å². The Balaban J connectivity index is 1.43. The second kappa shape index (κ2) is 14.3. The number of aliphatic imine (C=N–C) groups is 1. The Bertz CT molecular complexity index is 1350. The van der Waals surface area contributed by atoms with Gasteiger partial charge in [0, 0.05) is 24.5 Å². The molecule has 3 atom stereocenters. The van der Waals surface area contributed by atoms with Crippen LogP contribution in [0.4, 0.5) is 4.79 Å². The number of ketones is 1. The fraction of sp³-hybridized carbons (Fsp3) is 0.515. The Labute approximate surface area is 266 Å². The molecule has 0 radical (unpaired) electrons. The van der Waals surface area contributed by atoms with Gasteiger partial charge in [0.15, 0.2) is 14.4 Å². The van der Waals surface area contributed by atoms with Crippen molar-refractivity contribution < 1.29 is 28.3 Å². The van der Waals surface area contributed by atoms with Crippen LogP contribution in [-0.4, -0.2) is 74.8 Å². The number of hydrogen-bond donors (Lipinski definition) is 1. The van der Waals surface area contributed by atoms with Gasteiger partial charge in [-0.3, -0.25) is 14.5 Å². The summed E-state index contributed by atoms with van der Waals surface area (Å²) >= 11 is 5.94. The van der Waals surface area contributed by atoms with Gasteiger partial charge in [-0.2, -0.15) is 0 Å². The van der Waals surface area contributed by atoms with Gasteiger partial charge in [0.25, 0.3) is 5.90 Å². The maximum atomic E-state index is 13.8. The second-order valence-corrected chi connectivity index (χ2v) is 17.8. The van der Waals surface area contributed by atoms with E-state index in [0.717, 1.165) is 11.1 Å². The van der Waals surface area contributed by atoms with Gasteiger partial charge in [0.2, 0.25) is 11.7 Å². The maximum Gasteiger partial charge on any atom is 0.410 e. The molecular formula is C33H44ClN3O6Si. The van der Waals surface area contributed by atoms with Gasteiger partial charge in [-0.1, -0.05) is 81.8 Å². The minimum absolute atomic E-state index is 0.0402. The van der Waals surface area contributed by atoms with E-state index in [9.17, 15) is 14.4 Å². The molecule has 0 saturated carbocycles. The molecule has 238 valence electrons. The number of Topliss-reactive ketones (excluding diaryl/α,β-unsaturated/α-hetero) is 1. The van der Waals surface area contributed by atoms with Crippen molar-refractivity contribution in [3.63, 3.8) is 0 Å². The van der Waals surface area contributed by atoms with E-state index in [1.54, 1.807) is 12.1 Å². The molecule has 0 bridgehead atoms. The lowest BCUT2D eigenvalue weighted by molar-refractivity contribution is -0.122. The van der Waals surface area contributed by atoms with Crippen molar-refractivity contribution in [1.29, 1.82) is 0 Å². The normalized spacial score (nSPS) is 20.3. The van der Waals surface area contributed by atoms with E-state index >= 15 is 0 Å². The molecule has 1 saturated heterocycles. The van der Waals surface area contributed by atoms with Gasteiger partial charge in [0.05, 0.1) is 6.10 Å². The molecule has 2 heterocycles. The molecule has 11 heteroatoms. The summed E-state index contributed by atoms with van der Waals surface area (Å²) in [6.07, 6.45) is -0.0228. The first-order valence-electron chi connectivity index (χ1n) is 15.2. The first kappa shape index (κ1) is 33.7. The van der Waals surface area contributed by atoms with Crippen molar-refractivity contribution >= 4 is 43.6 Å². The Morgan fingerprint density at radius 3 is 2.43 bits per heavy atom. The summed E-state index contributed by atoms with van der Waals surface area (Å²) in [6.45, 7) is 13.8. The lowest BCUT2D eigenvalue weighted by Crippen LogP contribution is -2.48. The molecule has 0 aliphatic carbocycles. The largest absolute Gasteiger partial charge is 0.472 e. The fourth-order valence-corrected chi connectivity index (χ4v) is 8.11. The van der Waals surface area contributed by atoms with Crippen molar-refractivity contribution in [2.24, 2.45) is 10.9 Å². The number of halogens is 1. The number of benzene rings is 2. The quantitative estimate of drug-likeness (QED) is 0.294. The first-order valence-corrected chi connectivity index (χ1v) is 18.5. The van der Waals surface area contributed by atoms with Crippen LogP contribution >= 0.6 is 11.6 Å². The molecule has 4 rings (SSSR count). The molecule has 2 aromatic carbocycles. The van der Waals surface area contributed by atoms with Crippen molar-refractivity contribution in [2.45, 2.75) is 83.5 Å². The monoisotopic (exact) mass is 641 g/mol. The fourth-order valence-electron chi connectivity index (χ4n) is 5.28. The Morgan fingerprint density at radius 2 is 1.77 bits per heavy atom. The molecule has 1 N–H and O–H groups in total.